The summed E-state index contributed by atoms with van der Waals surface area (Å²) in [5.74, 6) is 0. The van der Waals surface area contributed by atoms with Gasteiger partial charge in [-0.25, -0.2) is 4.79 Å². The number of nitrogens with zero attached hydrogens (tertiary/aromatic N) is 1. The van der Waals surface area contributed by atoms with Crippen LogP contribution in [-0.2, 0) is 16.7 Å². The first kappa shape index (κ1) is 13.5. The van der Waals surface area contributed by atoms with Crippen molar-refractivity contribution < 1.29 is 9.53 Å². The standard InChI is InChI=1S/C19H22N2O2/c1-18-16-14(13-7-3-4-8-15(13)20-16)9-12-21(18)17(22)23-19(18)10-5-2-6-11-19/h3-4,7-8,20H,2,5-6,9-12H2,1H3/t18-/m1/s1. The topological polar surface area (TPSA) is 45.3 Å². The Balaban J connectivity index is 1.77. The maximum atomic E-state index is 12.6. The number of hydrogen-bond acceptors (Lipinski definition) is 2. The highest BCUT2D eigenvalue weighted by molar-refractivity contribution is 5.87. The summed E-state index contributed by atoms with van der Waals surface area (Å²) in [7, 11) is 0. The molecule has 5 rings (SSSR count). The van der Waals surface area contributed by atoms with Gasteiger partial charge in [0.2, 0.25) is 0 Å². The average Bonchev–Trinajstić information content (AvgIpc) is 3.04. The van der Waals surface area contributed by atoms with Gasteiger partial charge in [-0.15, -0.1) is 0 Å². The Kier molecular flexibility index (Phi) is 2.52. The largest absolute Gasteiger partial charge is 0.440 e. The van der Waals surface area contributed by atoms with Crippen molar-refractivity contribution in [1.29, 1.82) is 0 Å². The van der Waals surface area contributed by atoms with Gasteiger partial charge in [-0.3, -0.25) is 4.90 Å². The molecule has 1 spiro atoms. The van der Waals surface area contributed by atoms with Crippen molar-refractivity contribution in [2.24, 2.45) is 0 Å². The highest BCUT2D eigenvalue weighted by Crippen LogP contribution is 2.56. The highest BCUT2D eigenvalue weighted by atomic mass is 16.6. The molecular weight excluding hydrogens is 288 g/mol. The summed E-state index contributed by atoms with van der Waals surface area (Å²) in [5, 5.41) is 1.30. The number of ether oxygens (including phenoxy) is 1. The van der Waals surface area contributed by atoms with Crippen molar-refractivity contribution in [2.75, 3.05) is 6.54 Å². The van der Waals surface area contributed by atoms with E-state index in [9.17, 15) is 4.79 Å². The molecule has 4 nitrogen and oxygen atoms in total. The van der Waals surface area contributed by atoms with Gasteiger partial charge in [-0.2, -0.15) is 0 Å². The first-order valence-electron chi connectivity index (χ1n) is 8.76. The Morgan fingerprint density at radius 2 is 1.96 bits per heavy atom. The predicted molar refractivity (Wildman–Crippen MR) is 88.4 cm³/mol. The van der Waals surface area contributed by atoms with Gasteiger partial charge in [-0.1, -0.05) is 24.6 Å². The number of rotatable bonds is 0. The van der Waals surface area contributed by atoms with E-state index in [1.54, 1.807) is 0 Å². The number of amides is 1. The number of H-pyrrole nitrogens is 1. The van der Waals surface area contributed by atoms with Crippen molar-refractivity contribution >= 4 is 17.0 Å². The Morgan fingerprint density at radius 1 is 1.17 bits per heavy atom. The maximum absolute atomic E-state index is 12.6. The molecule has 1 saturated heterocycles. The molecular formula is C19H22N2O2. The van der Waals surface area contributed by atoms with Crippen LogP contribution in [0.25, 0.3) is 10.9 Å². The summed E-state index contributed by atoms with van der Waals surface area (Å²) in [4.78, 5) is 18.2. The van der Waals surface area contributed by atoms with E-state index in [1.807, 2.05) is 4.90 Å². The molecule has 0 bridgehead atoms. The number of carbonyl (C=O) groups excluding carboxylic acids is 1. The summed E-state index contributed by atoms with van der Waals surface area (Å²) in [6.07, 6.45) is 6.26. The van der Waals surface area contributed by atoms with Gasteiger partial charge in [0, 0.05) is 23.1 Å². The number of fused-ring (bicyclic) bond motifs is 6. The van der Waals surface area contributed by atoms with Crippen LogP contribution in [0.2, 0.25) is 0 Å². The van der Waals surface area contributed by atoms with E-state index in [2.05, 4.69) is 36.2 Å². The molecule has 120 valence electrons. The van der Waals surface area contributed by atoms with Gasteiger partial charge in [0.15, 0.2) is 0 Å². The molecule has 4 heteroatoms. The summed E-state index contributed by atoms with van der Waals surface area (Å²) in [6.45, 7) is 2.97. The molecule has 1 atom stereocenters. The number of nitrogens with one attached hydrogen (secondary N) is 1. The summed E-state index contributed by atoms with van der Waals surface area (Å²) < 4.78 is 6.06. The maximum Gasteiger partial charge on any atom is 0.411 e. The molecule has 1 aliphatic carbocycles. The fourth-order valence-electron chi connectivity index (χ4n) is 5.24. The van der Waals surface area contributed by atoms with Crippen LogP contribution in [0.1, 0.15) is 50.3 Å². The Bertz CT molecular complexity index is 803. The molecule has 1 aromatic carbocycles. The van der Waals surface area contributed by atoms with Gasteiger partial charge in [0.1, 0.15) is 11.1 Å². The second kappa shape index (κ2) is 4.31. The molecule has 2 aliphatic heterocycles. The second-order valence-corrected chi connectivity index (χ2v) is 7.42. The molecule has 3 aliphatic rings. The van der Waals surface area contributed by atoms with E-state index in [1.165, 1.54) is 28.6 Å². The van der Waals surface area contributed by atoms with E-state index in [-0.39, 0.29) is 17.2 Å². The monoisotopic (exact) mass is 310 g/mol. The average molecular weight is 310 g/mol. The quantitative estimate of drug-likeness (QED) is 0.796. The zero-order chi connectivity index (χ0) is 15.7. The van der Waals surface area contributed by atoms with Gasteiger partial charge in [0.05, 0.1) is 0 Å². The molecule has 0 unspecified atom stereocenters. The minimum atomic E-state index is -0.364. The van der Waals surface area contributed by atoms with Gasteiger partial charge in [0.25, 0.3) is 0 Å². The highest BCUT2D eigenvalue weighted by Gasteiger charge is 2.65. The Hall–Kier alpha value is -1.97. The van der Waals surface area contributed by atoms with Crippen LogP contribution in [0, 0.1) is 0 Å². The normalized spacial score (nSPS) is 28.7. The number of hydrogen-bond donors (Lipinski definition) is 1. The SMILES string of the molecule is C[C@]12c3[nH]c4ccccc4c3CCN1C(=O)OC21CCCCC1. The smallest absolute Gasteiger partial charge is 0.411 e. The predicted octanol–water partition coefficient (Wildman–Crippen LogP) is 4.09. The van der Waals surface area contributed by atoms with E-state index < -0.39 is 0 Å². The lowest BCUT2D eigenvalue weighted by Gasteiger charge is -2.47. The van der Waals surface area contributed by atoms with Gasteiger partial charge in [-0.05, 0) is 50.7 Å². The molecule has 23 heavy (non-hydrogen) atoms. The van der Waals surface area contributed by atoms with Crippen LogP contribution < -0.4 is 0 Å². The summed E-state index contributed by atoms with van der Waals surface area (Å²) in [5.41, 5.74) is 3.03. The minimum Gasteiger partial charge on any atom is -0.440 e. The van der Waals surface area contributed by atoms with Crippen LogP contribution in [0.3, 0.4) is 0 Å². The third-order valence-electron chi connectivity index (χ3n) is 6.48. The molecule has 3 heterocycles. The molecule has 2 aromatic rings. The first-order chi connectivity index (χ1) is 11.2. The van der Waals surface area contributed by atoms with Crippen molar-refractivity contribution in [2.45, 2.75) is 56.6 Å². The summed E-state index contributed by atoms with van der Waals surface area (Å²) >= 11 is 0. The second-order valence-electron chi connectivity index (χ2n) is 7.42. The van der Waals surface area contributed by atoms with Crippen LogP contribution in [-0.4, -0.2) is 28.1 Å². The van der Waals surface area contributed by atoms with E-state index in [0.29, 0.717) is 0 Å². The van der Waals surface area contributed by atoms with Crippen LogP contribution >= 0.6 is 0 Å². The van der Waals surface area contributed by atoms with Gasteiger partial charge < -0.3 is 9.72 Å². The lowest BCUT2D eigenvalue weighted by molar-refractivity contribution is -0.0451. The van der Waals surface area contributed by atoms with Crippen molar-refractivity contribution in [3.05, 3.63) is 35.5 Å². The lowest BCUT2D eigenvalue weighted by Crippen LogP contribution is -2.57. The Labute approximate surface area is 135 Å². The van der Waals surface area contributed by atoms with E-state index >= 15 is 0 Å². The van der Waals surface area contributed by atoms with Crippen molar-refractivity contribution in [3.8, 4) is 0 Å². The van der Waals surface area contributed by atoms with Crippen molar-refractivity contribution in [1.82, 2.24) is 9.88 Å². The first-order valence-corrected chi connectivity index (χ1v) is 8.76. The fourth-order valence-corrected chi connectivity index (χ4v) is 5.24. The lowest BCUT2D eigenvalue weighted by atomic mass is 9.67. The Morgan fingerprint density at radius 3 is 2.78 bits per heavy atom. The van der Waals surface area contributed by atoms with Crippen molar-refractivity contribution in [3.63, 3.8) is 0 Å². The fraction of sp³-hybridized carbons (Fsp3) is 0.526. The number of carbonyl (C=O) groups is 1. The number of aromatic nitrogens is 1. The molecule has 1 N–H and O–H groups in total. The number of benzene rings is 1. The minimum absolute atomic E-state index is 0.126. The van der Waals surface area contributed by atoms with Crippen LogP contribution in [0.4, 0.5) is 4.79 Å². The zero-order valence-corrected chi connectivity index (χ0v) is 13.5. The third kappa shape index (κ3) is 1.49. The van der Waals surface area contributed by atoms with Gasteiger partial charge >= 0.3 is 6.09 Å². The van der Waals surface area contributed by atoms with Crippen LogP contribution in [0.5, 0.6) is 0 Å². The van der Waals surface area contributed by atoms with Crippen LogP contribution in [0.15, 0.2) is 24.3 Å². The van der Waals surface area contributed by atoms with E-state index in [0.717, 1.165) is 38.6 Å². The number of aromatic amines is 1. The number of para-hydroxylation sites is 1. The molecule has 1 saturated carbocycles. The third-order valence-corrected chi connectivity index (χ3v) is 6.48. The summed E-state index contributed by atoms with van der Waals surface area (Å²) in [6, 6.07) is 8.48. The molecule has 0 radical (unpaired) electrons. The molecule has 1 amide bonds. The zero-order valence-electron chi connectivity index (χ0n) is 13.5. The van der Waals surface area contributed by atoms with E-state index in [4.69, 9.17) is 4.74 Å². The molecule has 1 aromatic heterocycles. The molecule has 2 fully saturated rings.